The zero-order valence-corrected chi connectivity index (χ0v) is 9.98. The Bertz CT molecular complexity index is 550. The summed E-state index contributed by atoms with van der Waals surface area (Å²) in [5.74, 6) is 0.0216. The topological polar surface area (TPSA) is 49.4 Å². The molecule has 0 aromatic heterocycles. The molecule has 2 aliphatic rings. The van der Waals surface area contributed by atoms with Crippen molar-refractivity contribution < 1.29 is 9.59 Å². The van der Waals surface area contributed by atoms with Crippen LogP contribution in [0.1, 0.15) is 28.8 Å². The van der Waals surface area contributed by atoms with E-state index in [2.05, 4.69) is 11.9 Å². The van der Waals surface area contributed by atoms with Crippen molar-refractivity contribution in [3.63, 3.8) is 0 Å². The average Bonchev–Trinajstić information content (AvgIpc) is 2.68. The molecule has 18 heavy (non-hydrogen) atoms. The molecule has 2 heterocycles. The van der Waals surface area contributed by atoms with Crippen molar-refractivity contribution in [2.45, 2.75) is 25.4 Å². The number of benzene rings is 1. The molecule has 1 N–H and O–H groups in total. The van der Waals surface area contributed by atoms with E-state index in [1.807, 2.05) is 24.3 Å². The number of hydrogen-bond donors (Lipinski definition) is 1. The largest absolute Gasteiger partial charge is 0.328 e. The lowest BCUT2D eigenvalue weighted by Crippen LogP contribution is -2.45. The van der Waals surface area contributed by atoms with E-state index in [1.54, 1.807) is 4.90 Å². The number of carbonyl (C=O) groups is 2. The molecule has 0 spiro atoms. The van der Waals surface area contributed by atoms with Gasteiger partial charge in [0.1, 0.15) is 0 Å². The first-order valence-corrected chi connectivity index (χ1v) is 6.04. The van der Waals surface area contributed by atoms with E-state index >= 15 is 0 Å². The second kappa shape index (κ2) is 3.98. The van der Waals surface area contributed by atoms with Crippen LogP contribution in [-0.4, -0.2) is 22.8 Å². The lowest BCUT2D eigenvalue weighted by Gasteiger charge is -2.32. The molecule has 1 unspecified atom stereocenters. The van der Waals surface area contributed by atoms with Gasteiger partial charge in [0.2, 0.25) is 5.91 Å². The van der Waals surface area contributed by atoms with Gasteiger partial charge in [-0.25, -0.2) is 0 Å². The fourth-order valence-electron chi connectivity index (χ4n) is 2.64. The molecule has 0 bridgehead atoms. The van der Waals surface area contributed by atoms with Crippen molar-refractivity contribution in [3.05, 3.63) is 47.7 Å². The van der Waals surface area contributed by atoms with E-state index in [4.69, 9.17) is 0 Å². The lowest BCUT2D eigenvalue weighted by atomic mass is 10.0. The number of amides is 2. The SMILES string of the molecule is C=C1NC(=O)CCC1N1Cc2ccccc2C1=O. The molecule has 1 aromatic carbocycles. The molecule has 3 rings (SSSR count). The van der Waals surface area contributed by atoms with Crippen LogP contribution in [0, 0.1) is 0 Å². The average molecular weight is 242 g/mol. The summed E-state index contributed by atoms with van der Waals surface area (Å²) in [5.41, 5.74) is 2.45. The monoisotopic (exact) mass is 242 g/mol. The van der Waals surface area contributed by atoms with E-state index in [0.29, 0.717) is 25.1 Å². The van der Waals surface area contributed by atoms with Crippen LogP contribution in [0.4, 0.5) is 0 Å². The van der Waals surface area contributed by atoms with Gasteiger partial charge in [0.25, 0.3) is 5.91 Å². The number of carbonyl (C=O) groups excluding carboxylic acids is 2. The maximum absolute atomic E-state index is 12.3. The molecule has 0 aliphatic carbocycles. The third kappa shape index (κ3) is 1.61. The van der Waals surface area contributed by atoms with Crippen molar-refractivity contribution in [1.29, 1.82) is 0 Å². The summed E-state index contributed by atoms with van der Waals surface area (Å²) in [5, 5.41) is 2.73. The summed E-state index contributed by atoms with van der Waals surface area (Å²) in [6.45, 7) is 4.47. The molecule has 0 radical (unpaired) electrons. The minimum atomic E-state index is -0.0809. The Labute approximate surface area is 105 Å². The Hall–Kier alpha value is -2.10. The number of nitrogens with one attached hydrogen (secondary N) is 1. The van der Waals surface area contributed by atoms with E-state index in [0.717, 1.165) is 11.1 Å². The number of piperidine rings is 1. The van der Waals surface area contributed by atoms with Crippen LogP contribution in [0.3, 0.4) is 0 Å². The highest BCUT2D eigenvalue weighted by atomic mass is 16.2. The van der Waals surface area contributed by atoms with Gasteiger partial charge in [-0.3, -0.25) is 9.59 Å². The smallest absolute Gasteiger partial charge is 0.255 e. The summed E-state index contributed by atoms with van der Waals surface area (Å²) in [6.07, 6.45) is 1.11. The minimum absolute atomic E-state index is 0.0135. The Kier molecular flexibility index (Phi) is 2.44. The van der Waals surface area contributed by atoms with Crippen molar-refractivity contribution in [2.24, 2.45) is 0 Å². The number of hydrogen-bond acceptors (Lipinski definition) is 2. The molecule has 1 aromatic rings. The first-order valence-electron chi connectivity index (χ1n) is 6.04. The zero-order chi connectivity index (χ0) is 12.7. The Morgan fingerprint density at radius 3 is 2.78 bits per heavy atom. The first kappa shape index (κ1) is 11.0. The summed E-state index contributed by atoms with van der Waals surface area (Å²) in [6, 6.07) is 7.55. The predicted molar refractivity (Wildman–Crippen MR) is 66.6 cm³/mol. The Balaban J connectivity index is 1.86. The maximum atomic E-state index is 12.3. The number of rotatable bonds is 1. The highest BCUT2D eigenvalue weighted by Crippen LogP contribution is 2.29. The maximum Gasteiger partial charge on any atom is 0.255 e. The van der Waals surface area contributed by atoms with Crippen molar-refractivity contribution in [2.75, 3.05) is 0 Å². The van der Waals surface area contributed by atoms with Gasteiger partial charge in [0.05, 0.1) is 6.04 Å². The summed E-state index contributed by atoms with van der Waals surface area (Å²) in [4.78, 5) is 25.4. The van der Waals surface area contributed by atoms with Crippen molar-refractivity contribution >= 4 is 11.8 Å². The second-order valence-corrected chi connectivity index (χ2v) is 4.72. The van der Waals surface area contributed by atoms with Gasteiger partial charge < -0.3 is 10.2 Å². The van der Waals surface area contributed by atoms with Crippen LogP contribution in [0.2, 0.25) is 0 Å². The van der Waals surface area contributed by atoms with Gasteiger partial charge in [-0.05, 0) is 18.1 Å². The fourth-order valence-corrected chi connectivity index (χ4v) is 2.64. The van der Waals surface area contributed by atoms with Crippen LogP contribution in [0.5, 0.6) is 0 Å². The zero-order valence-electron chi connectivity index (χ0n) is 9.98. The van der Waals surface area contributed by atoms with Gasteiger partial charge in [-0.2, -0.15) is 0 Å². The molecule has 2 aliphatic heterocycles. The standard InChI is InChI=1S/C14H14N2O2/c1-9-12(6-7-13(17)15-9)16-8-10-4-2-3-5-11(10)14(16)18/h2-5,12H,1,6-8H2,(H,15,17). The molecule has 4 nitrogen and oxygen atoms in total. The summed E-state index contributed by atoms with van der Waals surface area (Å²) >= 11 is 0. The van der Waals surface area contributed by atoms with Gasteiger partial charge in [-0.1, -0.05) is 24.8 Å². The third-order valence-electron chi connectivity index (χ3n) is 3.57. The van der Waals surface area contributed by atoms with Crippen LogP contribution in [0.15, 0.2) is 36.5 Å². The molecule has 4 heteroatoms. The fraction of sp³-hybridized carbons (Fsp3) is 0.286. The first-order chi connectivity index (χ1) is 8.66. The van der Waals surface area contributed by atoms with Crippen molar-refractivity contribution in [3.8, 4) is 0 Å². The molecule has 1 saturated heterocycles. The highest BCUT2D eigenvalue weighted by molar-refractivity contribution is 5.98. The van der Waals surface area contributed by atoms with Crippen molar-refractivity contribution in [1.82, 2.24) is 10.2 Å². The van der Waals surface area contributed by atoms with Gasteiger partial charge >= 0.3 is 0 Å². The Morgan fingerprint density at radius 1 is 1.28 bits per heavy atom. The number of nitrogens with zero attached hydrogens (tertiary/aromatic N) is 1. The van der Waals surface area contributed by atoms with Gasteiger partial charge in [0, 0.05) is 24.2 Å². The molecule has 1 fully saturated rings. The van der Waals surface area contributed by atoms with Crippen LogP contribution >= 0.6 is 0 Å². The van der Waals surface area contributed by atoms with Gasteiger partial charge in [0.15, 0.2) is 0 Å². The molecule has 0 saturated carbocycles. The van der Waals surface area contributed by atoms with Gasteiger partial charge in [-0.15, -0.1) is 0 Å². The quantitative estimate of drug-likeness (QED) is 0.810. The van der Waals surface area contributed by atoms with Crippen LogP contribution < -0.4 is 5.32 Å². The minimum Gasteiger partial charge on any atom is -0.328 e. The third-order valence-corrected chi connectivity index (χ3v) is 3.57. The van der Waals surface area contributed by atoms with E-state index < -0.39 is 0 Å². The van der Waals surface area contributed by atoms with E-state index in [1.165, 1.54) is 0 Å². The molecular formula is C14H14N2O2. The molecule has 92 valence electrons. The van der Waals surface area contributed by atoms with Crippen LogP contribution in [-0.2, 0) is 11.3 Å². The van der Waals surface area contributed by atoms with E-state index in [-0.39, 0.29) is 17.9 Å². The van der Waals surface area contributed by atoms with Crippen LogP contribution in [0.25, 0.3) is 0 Å². The number of fused-ring (bicyclic) bond motifs is 1. The molecule has 1 atom stereocenters. The van der Waals surface area contributed by atoms with E-state index in [9.17, 15) is 9.59 Å². The summed E-state index contributed by atoms with van der Waals surface area (Å²) in [7, 11) is 0. The normalized spacial score (nSPS) is 23.0. The highest BCUT2D eigenvalue weighted by Gasteiger charge is 2.35. The second-order valence-electron chi connectivity index (χ2n) is 4.72. The molecule has 2 amide bonds. The Morgan fingerprint density at radius 2 is 2.06 bits per heavy atom. The lowest BCUT2D eigenvalue weighted by molar-refractivity contribution is -0.121. The molecular weight excluding hydrogens is 228 g/mol. The predicted octanol–water partition coefficient (Wildman–Crippen LogP) is 1.43. The summed E-state index contributed by atoms with van der Waals surface area (Å²) < 4.78 is 0.